The normalized spacial score (nSPS) is 16.7. The minimum atomic E-state index is -0.292. The Morgan fingerprint density at radius 2 is 2.00 bits per heavy atom. The van der Waals surface area contributed by atoms with Gasteiger partial charge in [-0.05, 0) is 14.0 Å². The monoisotopic (exact) mass is 284 g/mol. The Hall–Kier alpha value is -1.40. The molecule has 1 saturated heterocycles. The summed E-state index contributed by atoms with van der Waals surface area (Å²) in [6.07, 6.45) is 0. The van der Waals surface area contributed by atoms with E-state index in [-0.39, 0.29) is 23.2 Å². The summed E-state index contributed by atoms with van der Waals surface area (Å²) in [5.41, 5.74) is -0.292. The van der Waals surface area contributed by atoms with Gasteiger partial charge in [0.05, 0.1) is 0 Å². The Kier molecular flexibility index (Phi) is 4.21. The average Bonchev–Trinajstić information content (AvgIpc) is 2.34. The van der Waals surface area contributed by atoms with Crippen molar-refractivity contribution < 1.29 is 4.79 Å². The van der Waals surface area contributed by atoms with E-state index >= 15 is 0 Å². The fourth-order valence-electron chi connectivity index (χ4n) is 2.07. The van der Waals surface area contributed by atoms with Crippen molar-refractivity contribution in [3.8, 4) is 0 Å². The number of piperazine rings is 1. The number of nitrogens with zero attached hydrogens (tertiary/aromatic N) is 4. The Bertz CT molecular complexity index is 535. The molecule has 0 N–H and O–H groups in total. The molecule has 2 heterocycles. The number of carbonyl (C=O) groups excluding carboxylic acids is 1. The largest absolute Gasteiger partial charge is 0.339 e. The molecular weight excluding hydrogens is 268 g/mol. The third-order valence-electron chi connectivity index (χ3n) is 3.32. The molecule has 0 spiro atoms. The van der Waals surface area contributed by atoms with E-state index in [2.05, 4.69) is 9.88 Å². The van der Waals surface area contributed by atoms with E-state index < -0.39 is 0 Å². The van der Waals surface area contributed by atoms with E-state index in [1.54, 1.807) is 11.8 Å². The molecule has 0 bridgehead atoms. The standard InChI is InChI=1S/C12H17ClN4O2/c1-9-14-10(13)7-11(18)17(9)8-12(19)16-5-3-15(2)4-6-16/h7H,3-6,8H2,1-2H3. The van der Waals surface area contributed by atoms with Crippen LogP contribution in [-0.4, -0.2) is 58.5 Å². The zero-order chi connectivity index (χ0) is 14.0. The van der Waals surface area contributed by atoms with Gasteiger partial charge in [-0.2, -0.15) is 0 Å². The fourth-order valence-corrected chi connectivity index (χ4v) is 2.29. The molecule has 1 aliphatic rings. The van der Waals surface area contributed by atoms with Crippen molar-refractivity contribution in [3.05, 3.63) is 27.4 Å². The van der Waals surface area contributed by atoms with Gasteiger partial charge in [0.25, 0.3) is 5.56 Å². The van der Waals surface area contributed by atoms with Gasteiger partial charge in [-0.3, -0.25) is 14.2 Å². The summed E-state index contributed by atoms with van der Waals surface area (Å²) in [4.78, 5) is 31.9. The minimum absolute atomic E-state index is 0.0263. The number of likely N-dealkylation sites (N-methyl/N-ethyl adjacent to an activating group) is 1. The first-order valence-electron chi connectivity index (χ1n) is 6.17. The summed E-state index contributed by atoms with van der Waals surface area (Å²) < 4.78 is 1.35. The summed E-state index contributed by atoms with van der Waals surface area (Å²) in [7, 11) is 2.03. The number of hydrogen-bond donors (Lipinski definition) is 0. The maximum Gasteiger partial charge on any atom is 0.255 e. The van der Waals surface area contributed by atoms with Gasteiger partial charge >= 0.3 is 0 Å². The van der Waals surface area contributed by atoms with Gasteiger partial charge in [-0.15, -0.1) is 0 Å². The van der Waals surface area contributed by atoms with Crippen LogP contribution in [0.3, 0.4) is 0 Å². The number of carbonyl (C=O) groups is 1. The molecule has 1 aromatic heterocycles. The second-order valence-corrected chi connectivity index (χ2v) is 5.12. The highest BCUT2D eigenvalue weighted by molar-refractivity contribution is 6.29. The fraction of sp³-hybridized carbons (Fsp3) is 0.583. The predicted molar refractivity (Wildman–Crippen MR) is 72.3 cm³/mol. The van der Waals surface area contributed by atoms with Crippen LogP contribution in [0.5, 0.6) is 0 Å². The van der Waals surface area contributed by atoms with Crippen molar-refractivity contribution in [1.29, 1.82) is 0 Å². The van der Waals surface area contributed by atoms with Gasteiger partial charge in [0.2, 0.25) is 5.91 Å². The molecular formula is C12H17ClN4O2. The molecule has 6 nitrogen and oxygen atoms in total. The summed E-state index contributed by atoms with van der Waals surface area (Å²) >= 11 is 5.70. The Balaban J connectivity index is 2.09. The second kappa shape index (κ2) is 5.71. The van der Waals surface area contributed by atoms with Gasteiger partial charge in [0.15, 0.2) is 0 Å². The van der Waals surface area contributed by atoms with Crippen LogP contribution in [0, 0.1) is 6.92 Å². The zero-order valence-corrected chi connectivity index (χ0v) is 11.9. The van der Waals surface area contributed by atoms with Crippen LogP contribution in [0.2, 0.25) is 5.15 Å². The van der Waals surface area contributed by atoms with Crippen molar-refractivity contribution >= 4 is 17.5 Å². The van der Waals surface area contributed by atoms with Crippen LogP contribution in [0.1, 0.15) is 5.82 Å². The summed E-state index contributed by atoms with van der Waals surface area (Å²) in [6, 6.07) is 1.23. The first-order valence-corrected chi connectivity index (χ1v) is 6.55. The first kappa shape index (κ1) is 14.0. The smallest absolute Gasteiger partial charge is 0.255 e. The molecule has 104 valence electrons. The lowest BCUT2D eigenvalue weighted by molar-refractivity contribution is -0.133. The highest BCUT2D eigenvalue weighted by atomic mass is 35.5. The summed E-state index contributed by atoms with van der Waals surface area (Å²) in [6.45, 7) is 4.81. The maximum atomic E-state index is 12.2. The average molecular weight is 285 g/mol. The molecule has 0 radical (unpaired) electrons. The zero-order valence-electron chi connectivity index (χ0n) is 11.1. The van der Waals surface area contributed by atoms with Crippen molar-refractivity contribution in [2.45, 2.75) is 13.5 Å². The van der Waals surface area contributed by atoms with Crippen molar-refractivity contribution in [2.75, 3.05) is 33.2 Å². The highest BCUT2D eigenvalue weighted by Crippen LogP contribution is 2.04. The van der Waals surface area contributed by atoms with Gasteiger partial charge in [-0.1, -0.05) is 11.6 Å². The summed E-state index contributed by atoms with van der Waals surface area (Å²) in [5.74, 6) is 0.405. The lowest BCUT2D eigenvalue weighted by Crippen LogP contribution is -2.48. The Labute approximate surface area is 116 Å². The van der Waals surface area contributed by atoms with Crippen LogP contribution >= 0.6 is 11.6 Å². The van der Waals surface area contributed by atoms with Crippen LogP contribution in [0.4, 0.5) is 0 Å². The molecule has 0 atom stereocenters. The van der Waals surface area contributed by atoms with Gasteiger partial charge in [0.1, 0.15) is 17.5 Å². The second-order valence-electron chi connectivity index (χ2n) is 4.73. The van der Waals surface area contributed by atoms with Gasteiger partial charge < -0.3 is 9.80 Å². The van der Waals surface area contributed by atoms with E-state index in [0.29, 0.717) is 18.9 Å². The van der Waals surface area contributed by atoms with Crippen molar-refractivity contribution in [2.24, 2.45) is 0 Å². The van der Waals surface area contributed by atoms with E-state index in [4.69, 9.17) is 11.6 Å². The lowest BCUT2D eigenvalue weighted by Gasteiger charge is -2.32. The molecule has 1 aromatic rings. The third kappa shape index (κ3) is 3.33. The number of aryl methyl sites for hydroxylation is 1. The topological polar surface area (TPSA) is 58.4 Å². The van der Waals surface area contributed by atoms with E-state index in [9.17, 15) is 9.59 Å². The molecule has 2 rings (SSSR count). The number of halogens is 1. The van der Waals surface area contributed by atoms with Crippen LogP contribution in [0.15, 0.2) is 10.9 Å². The molecule has 19 heavy (non-hydrogen) atoms. The van der Waals surface area contributed by atoms with Gasteiger partial charge in [0, 0.05) is 32.2 Å². The SMILES string of the molecule is Cc1nc(Cl)cc(=O)n1CC(=O)N1CCN(C)CC1. The Morgan fingerprint density at radius 3 is 2.58 bits per heavy atom. The number of amides is 1. The third-order valence-corrected chi connectivity index (χ3v) is 3.51. The molecule has 0 aromatic carbocycles. The lowest BCUT2D eigenvalue weighted by atomic mass is 10.3. The number of hydrogen-bond acceptors (Lipinski definition) is 4. The minimum Gasteiger partial charge on any atom is -0.339 e. The van der Waals surface area contributed by atoms with Crippen LogP contribution in [0.25, 0.3) is 0 Å². The number of rotatable bonds is 2. The molecule has 0 aliphatic carbocycles. The highest BCUT2D eigenvalue weighted by Gasteiger charge is 2.20. The molecule has 1 fully saturated rings. The molecule has 1 aliphatic heterocycles. The van der Waals surface area contributed by atoms with E-state index in [1.807, 2.05) is 7.05 Å². The predicted octanol–water partition coefficient (Wildman–Crippen LogP) is -0.0209. The van der Waals surface area contributed by atoms with E-state index in [0.717, 1.165) is 13.1 Å². The first-order chi connectivity index (χ1) is 8.97. The maximum absolute atomic E-state index is 12.2. The Morgan fingerprint density at radius 1 is 1.37 bits per heavy atom. The van der Waals surface area contributed by atoms with Crippen molar-refractivity contribution in [3.63, 3.8) is 0 Å². The van der Waals surface area contributed by atoms with Gasteiger partial charge in [-0.25, -0.2) is 4.98 Å². The number of aromatic nitrogens is 2. The molecule has 0 saturated carbocycles. The van der Waals surface area contributed by atoms with E-state index in [1.165, 1.54) is 10.6 Å². The molecule has 1 amide bonds. The van der Waals surface area contributed by atoms with Crippen LogP contribution < -0.4 is 5.56 Å². The molecule has 7 heteroatoms. The summed E-state index contributed by atoms with van der Waals surface area (Å²) in [5, 5.41) is 0.158. The molecule has 0 unspecified atom stereocenters. The van der Waals surface area contributed by atoms with Crippen LogP contribution in [-0.2, 0) is 11.3 Å². The van der Waals surface area contributed by atoms with Crippen molar-refractivity contribution in [1.82, 2.24) is 19.4 Å². The quantitative estimate of drug-likeness (QED) is 0.716.